The van der Waals surface area contributed by atoms with E-state index in [0.717, 1.165) is 37.2 Å². The van der Waals surface area contributed by atoms with Crippen molar-refractivity contribution in [1.82, 2.24) is 9.97 Å². The number of nitrogens with one attached hydrogen (secondary N) is 1. The van der Waals surface area contributed by atoms with Crippen LogP contribution in [0.25, 0.3) is 0 Å². The fourth-order valence-corrected chi connectivity index (χ4v) is 2.75. The van der Waals surface area contributed by atoms with Crippen molar-refractivity contribution < 1.29 is 0 Å². The maximum absolute atomic E-state index is 4.64. The average Bonchev–Trinajstić information content (AvgIpc) is 3.35. The highest BCUT2D eigenvalue weighted by Crippen LogP contribution is 2.39. The zero-order valence-corrected chi connectivity index (χ0v) is 12.7. The van der Waals surface area contributed by atoms with Gasteiger partial charge in [-0.1, -0.05) is 13.8 Å². The predicted molar refractivity (Wildman–Crippen MR) is 83.3 cm³/mol. The second-order valence-electron chi connectivity index (χ2n) is 6.13. The highest BCUT2D eigenvalue weighted by molar-refractivity contribution is 5.60. The van der Waals surface area contributed by atoms with Crippen molar-refractivity contribution in [1.29, 1.82) is 0 Å². The van der Waals surface area contributed by atoms with Gasteiger partial charge >= 0.3 is 0 Å². The molecule has 0 aliphatic heterocycles. The molecule has 0 atom stereocenters. The normalized spacial score (nSPS) is 18.1. The Labute approximate surface area is 122 Å². The SMILES string of the molecule is CCCNc1ncnc(N(CC2CC2)C2CC2)c1CC. The average molecular weight is 274 g/mol. The molecule has 2 fully saturated rings. The first-order valence-corrected chi connectivity index (χ1v) is 8.17. The fourth-order valence-electron chi connectivity index (χ4n) is 2.75. The summed E-state index contributed by atoms with van der Waals surface area (Å²) < 4.78 is 0. The highest BCUT2D eigenvalue weighted by atomic mass is 15.2. The van der Waals surface area contributed by atoms with E-state index in [4.69, 9.17) is 0 Å². The second kappa shape index (κ2) is 5.98. The second-order valence-corrected chi connectivity index (χ2v) is 6.13. The molecule has 1 N–H and O–H groups in total. The number of hydrogen-bond acceptors (Lipinski definition) is 4. The standard InChI is InChI=1S/C16H26N4/c1-3-9-17-15-14(4-2)16(19-11-18-15)20(13-7-8-13)10-12-5-6-12/h11-13H,3-10H2,1-2H3,(H,17,18,19). The van der Waals surface area contributed by atoms with Gasteiger partial charge in [-0.15, -0.1) is 0 Å². The molecule has 20 heavy (non-hydrogen) atoms. The number of rotatable bonds is 8. The Morgan fingerprint density at radius 1 is 1.20 bits per heavy atom. The van der Waals surface area contributed by atoms with Crippen LogP contribution in [-0.2, 0) is 6.42 Å². The van der Waals surface area contributed by atoms with Crippen molar-refractivity contribution >= 4 is 11.6 Å². The van der Waals surface area contributed by atoms with Crippen molar-refractivity contribution in [3.05, 3.63) is 11.9 Å². The van der Waals surface area contributed by atoms with Gasteiger partial charge in [0.05, 0.1) is 0 Å². The van der Waals surface area contributed by atoms with E-state index in [1.807, 2.05) is 0 Å². The molecular formula is C16H26N4. The molecule has 0 aromatic carbocycles. The molecule has 1 heterocycles. The van der Waals surface area contributed by atoms with E-state index in [1.165, 1.54) is 43.6 Å². The van der Waals surface area contributed by atoms with Crippen molar-refractivity contribution in [2.45, 2.75) is 58.4 Å². The summed E-state index contributed by atoms with van der Waals surface area (Å²) in [5, 5.41) is 3.46. The lowest BCUT2D eigenvalue weighted by molar-refractivity contribution is 0.702. The maximum atomic E-state index is 4.64. The summed E-state index contributed by atoms with van der Waals surface area (Å²) in [4.78, 5) is 11.7. The molecule has 110 valence electrons. The van der Waals surface area contributed by atoms with Crippen molar-refractivity contribution in [3.8, 4) is 0 Å². The Bertz CT molecular complexity index is 452. The monoisotopic (exact) mass is 274 g/mol. The zero-order valence-electron chi connectivity index (χ0n) is 12.7. The van der Waals surface area contributed by atoms with E-state index >= 15 is 0 Å². The summed E-state index contributed by atoms with van der Waals surface area (Å²) in [5.74, 6) is 3.14. The minimum Gasteiger partial charge on any atom is -0.370 e. The predicted octanol–water partition coefficient (Wildman–Crippen LogP) is 3.24. The van der Waals surface area contributed by atoms with Crippen LogP contribution in [0.4, 0.5) is 11.6 Å². The van der Waals surface area contributed by atoms with Crippen LogP contribution in [-0.4, -0.2) is 29.1 Å². The molecular weight excluding hydrogens is 248 g/mol. The minimum atomic E-state index is 0.731. The van der Waals surface area contributed by atoms with Gasteiger partial charge in [-0.25, -0.2) is 9.97 Å². The third-order valence-electron chi connectivity index (χ3n) is 4.23. The first kappa shape index (κ1) is 13.7. The third kappa shape index (κ3) is 3.05. The Morgan fingerprint density at radius 3 is 2.60 bits per heavy atom. The Hall–Kier alpha value is -1.32. The van der Waals surface area contributed by atoms with Crippen LogP contribution >= 0.6 is 0 Å². The summed E-state index contributed by atoms with van der Waals surface area (Å²) in [6.45, 7) is 6.57. The van der Waals surface area contributed by atoms with Gasteiger partial charge in [-0.05, 0) is 44.4 Å². The van der Waals surface area contributed by atoms with Gasteiger partial charge in [-0.3, -0.25) is 0 Å². The van der Waals surface area contributed by atoms with E-state index in [-0.39, 0.29) is 0 Å². The number of hydrogen-bond donors (Lipinski definition) is 1. The van der Waals surface area contributed by atoms with Crippen LogP contribution in [0.5, 0.6) is 0 Å². The van der Waals surface area contributed by atoms with E-state index < -0.39 is 0 Å². The molecule has 0 unspecified atom stereocenters. The van der Waals surface area contributed by atoms with E-state index in [9.17, 15) is 0 Å². The lowest BCUT2D eigenvalue weighted by Gasteiger charge is -2.26. The van der Waals surface area contributed by atoms with E-state index in [0.29, 0.717) is 0 Å². The zero-order chi connectivity index (χ0) is 13.9. The molecule has 0 radical (unpaired) electrons. The van der Waals surface area contributed by atoms with Crippen LogP contribution in [0.3, 0.4) is 0 Å². The van der Waals surface area contributed by atoms with Gasteiger partial charge < -0.3 is 10.2 Å². The summed E-state index contributed by atoms with van der Waals surface area (Å²) in [5.41, 5.74) is 1.30. The van der Waals surface area contributed by atoms with Gasteiger partial charge in [0.1, 0.15) is 18.0 Å². The van der Waals surface area contributed by atoms with Gasteiger partial charge in [-0.2, -0.15) is 0 Å². The summed E-state index contributed by atoms with van der Waals surface area (Å²) in [6.07, 6.45) is 9.31. The molecule has 2 aliphatic rings. The Morgan fingerprint density at radius 2 is 2.00 bits per heavy atom. The summed E-state index contributed by atoms with van der Waals surface area (Å²) in [6, 6.07) is 0.731. The van der Waals surface area contributed by atoms with Crippen molar-refractivity contribution in [2.24, 2.45) is 5.92 Å². The molecule has 0 bridgehead atoms. The lowest BCUT2D eigenvalue weighted by Crippen LogP contribution is -2.30. The van der Waals surface area contributed by atoms with Crippen LogP contribution < -0.4 is 10.2 Å². The van der Waals surface area contributed by atoms with Crippen LogP contribution in [0.1, 0.15) is 51.5 Å². The molecule has 2 saturated carbocycles. The molecule has 3 rings (SSSR count). The molecule has 0 amide bonds. The van der Waals surface area contributed by atoms with Gasteiger partial charge in [0.15, 0.2) is 0 Å². The Kier molecular flexibility index (Phi) is 4.08. The van der Waals surface area contributed by atoms with Gasteiger partial charge in [0.2, 0.25) is 0 Å². The number of anilines is 2. The molecule has 2 aliphatic carbocycles. The fraction of sp³-hybridized carbons (Fsp3) is 0.750. The lowest BCUT2D eigenvalue weighted by atomic mass is 10.2. The highest BCUT2D eigenvalue weighted by Gasteiger charge is 2.35. The van der Waals surface area contributed by atoms with Crippen molar-refractivity contribution in [3.63, 3.8) is 0 Å². The first-order valence-electron chi connectivity index (χ1n) is 8.17. The van der Waals surface area contributed by atoms with Crippen LogP contribution in [0, 0.1) is 5.92 Å². The van der Waals surface area contributed by atoms with Crippen LogP contribution in [0.15, 0.2) is 6.33 Å². The van der Waals surface area contributed by atoms with Gasteiger partial charge in [0, 0.05) is 24.7 Å². The Balaban J connectivity index is 1.85. The molecule has 0 spiro atoms. The minimum absolute atomic E-state index is 0.731. The molecule has 4 nitrogen and oxygen atoms in total. The summed E-state index contributed by atoms with van der Waals surface area (Å²) >= 11 is 0. The smallest absolute Gasteiger partial charge is 0.137 e. The van der Waals surface area contributed by atoms with Crippen LogP contribution in [0.2, 0.25) is 0 Å². The largest absolute Gasteiger partial charge is 0.370 e. The molecule has 1 aromatic rings. The molecule has 0 saturated heterocycles. The van der Waals surface area contributed by atoms with E-state index in [1.54, 1.807) is 6.33 Å². The number of aromatic nitrogens is 2. The van der Waals surface area contributed by atoms with Gasteiger partial charge in [0.25, 0.3) is 0 Å². The third-order valence-corrected chi connectivity index (χ3v) is 4.23. The number of nitrogens with zero attached hydrogens (tertiary/aromatic N) is 3. The van der Waals surface area contributed by atoms with Crippen molar-refractivity contribution in [2.75, 3.05) is 23.3 Å². The quantitative estimate of drug-likeness (QED) is 0.790. The molecule has 4 heteroatoms. The molecule has 1 aromatic heterocycles. The first-order chi connectivity index (χ1) is 9.83. The van der Waals surface area contributed by atoms with E-state index in [2.05, 4.69) is 34.0 Å². The summed E-state index contributed by atoms with van der Waals surface area (Å²) in [7, 11) is 0. The maximum Gasteiger partial charge on any atom is 0.137 e. The topological polar surface area (TPSA) is 41.1 Å².